The van der Waals surface area contributed by atoms with Crippen LogP contribution >= 0.6 is 0 Å². The third-order valence-corrected chi connectivity index (χ3v) is 4.72. The maximum absolute atomic E-state index is 12.9. The van der Waals surface area contributed by atoms with Gasteiger partial charge in [0.25, 0.3) is 5.91 Å². The lowest BCUT2D eigenvalue weighted by Gasteiger charge is -2.22. The second-order valence-corrected chi connectivity index (χ2v) is 6.84. The van der Waals surface area contributed by atoms with Crippen LogP contribution in [0.3, 0.4) is 0 Å². The van der Waals surface area contributed by atoms with Gasteiger partial charge in [0.15, 0.2) is 0 Å². The van der Waals surface area contributed by atoms with E-state index in [-0.39, 0.29) is 25.5 Å². The van der Waals surface area contributed by atoms with E-state index in [4.69, 9.17) is 0 Å². The first kappa shape index (κ1) is 19.3. The molecular formula is C20H22N4O4. The normalized spacial score (nSPS) is 18.9. The zero-order chi connectivity index (χ0) is 20.3. The number of nitrogens with zero attached hydrogens (tertiary/aromatic N) is 1. The first-order valence-electron chi connectivity index (χ1n) is 8.96. The fraction of sp³-hybridized carbons (Fsp3) is 0.300. The Morgan fingerprint density at radius 3 is 2.43 bits per heavy atom. The van der Waals surface area contributed by atoms with Gasteiger partial charge in [-0.25, -0.2) is 4.79 Å². The van der Waals surface area contributed by atoms with E-state index in [1.54, 1.807) is 13.0 Å². The van der Waals surface area contributed by atoms with Gasteiger partial charge in [0.1, 0.15) is 12.1 Å². The molecular weight excluding hydrogens is 360 g/mol. The fourth-order valence-corrected chi connectivity index (χ4v) is 3.18. The predicted molar refractivity (Wildman–Crippen MR) is 103 cm³/mol. The molecule has 1 aliphatic heterocycles. The molecule has 0 radical (unpaired) electrons. The molecule has 2 aromatic carbocycles. The fourth-order valence-electron chi connectivity index (χ4n) is 3.18. The molecule has 0 spiro atoms. The molecule has 0 saturated carbocycles. The lowest BCUT2D eigenvalue weighted by Crippen LogP contribution is -2.44. The molecule has 28 heavy (non-hydrogen) atoms. The van der Waals surface area contributed by atoms with Crippen molar-refractivity contribution in [2.45, 2.75) is 19.4 Å². The molecule has 8 heteroatoms. The van der Waals surface area contributed by atoms with Gasteiger partial charge in [-0.05, 0) is 29.3 Å². The first-order chi connectivity index (χ1) is 13.3. The van der Waals surface area contributed by atoms with Crippen LogP contribution < -0.4 is 16.0 Å². The molecule has 0 aromatic heterocycles. The Kier molecular flexibility index (Phi) is 5.30. The Hall–Kier alpha value is -3.42. The predicted octanol–water partition coefficient (Wildman–Crippen LogP) is 0.859. The van der Waals surface area contributed by atoms with Crippen LogP contribution in [0.1, 0.15) is 19.4 Å². The Labute approximate surface area is 162 Å². The molecule has 1 saturated heterocycles. The topological polar surface area (TPSA) is 108 Å². The minimum atomic E-state index is -1.24. The average Bonchev–Trinajstić information content (AvgIpc) is 2.89. The van der Waals surface area contributed by atoms with Gasteiger partial charge in [-0.15, -0.1) is 0 Å². The number of urea groups is 1. The second-order valence-electron chi connectivity index (χ2n) is 6.84. The van der Waals surface area contributed by atoms with Crippen molar-refractivity contribution in [1.29, 1.82) is 0 Å². The van der Waals surface area contributed by atoms with Gasteiger partial charge >= 0.3 is 6.03 Å². The van der Waals surface area contributed by atoms with Crippen molar-refractivity contribution < 1.29 is 19.2 Å². The number of carbonyl (C=O) groups excluding carboxylic acids is 4. The lowest BCUT2D eigenvalue weighted by molar-refractivity contribution is -0.134. The van der Waals surface area contributed by atoms with Crippen molar-refractivity contribution in [2.75, 3.05) is 19.6 Å². The highest BCUT2D eigenvalue weighted by Crippen LogP contribution is 2.30. The van der Waals surface area contributed by atoms with Crippen LogP contribution in [0, 0.1) is 0 Å². The lowest BCUT2D eigenvalue weighted by atomic mass is 9.90. The summed E-state index contributed by atoms with van der Waals surface area (Å²) in [5.41, 5.74) is -0.587. The van der Waals surface area contributed by atoms with Crippen molar-refractivity contribution in [3.8, 4) is 0 Å². The summed E-state index contributed by atoms with van der Waals surface area (Å²) in [6.45, 7) is 3.11. The minimum absolute atomic E-state index is 0.200. The Morgan fingerprint density at radius 1 is 1.04 bits per heavy atom. The molecule has 0 bridgehead atoms. The number of carbonyl (C=O) groups is 4. The van der Waals surface area contributed by atoms with E-state index in [0.29, 0.717) is 5.56 Å². The van der Waals surface area contributed by atoms with Gasteiger partial charge in [0, 0.05) is 20.0 Å². The average molecular weight is 382 g/mol. The highest BCUT2D eigenvalue weighted by molar-refractivity contribution is 6.09. The maximum Gasteiger partial charge on any atom is 0.325 e. The Balaban J connectivity index is 1.71. The highest BCUT2D eigenvalue weighted by Gasteiger charge is 2.49. The van der Waals surface area contributed by atoms with Crippen molar-refractivity contribution in [2.24, 2.45) is 0 Å². The monoisotopic (exact) mass is 382 g/mol. The summed E-state index contributed by atoms with van der Waals surface area (Å²) < 4.78 is 0. The van der Waals surface area contributed by atoms with Gasteiger partial charge in [-0.3, -0.25) is 19.3 Å². The van der Waals surface area contributed by atoms with Crippen molar-refractivity contribution >= 4 is 34.5 Å². The smallest absolute Gasteiger partial charge is 0.325 e. The van der Waals surface area contributed by atoms with Crippen LogP contribution in [0.2, 0.25) is 0 Å². The van der Waals surface area contributed by atoms with Crippen LogP contribution in [0.4, 0.5) is 4.79 Å². The quantitative estimate of drug-likeness (QED) is 0.509. The van der Waals surface area contributed by atoms with E-state index in [1.807, 2.05) is 36.4 Å². The van der Waals surface area contributed by atoms with Crippen LogP contribution in [-0.2, 0) is 19.9 Å². The van der Waals surface area contributed by atoms with Gasteiger partial charge in [-0.1, -0.05) is 36.4 Å². The summed E-state index contributed by atoms with van der Waals surface area (Å²) in [5.74, 6) is -1.16. The largest absolute Gasteiger partial charge is 0.355 e. The number of nitrogens with one attached hydrogen (secondary N) is 3. The number of hydrogen-bond acceptors (Lipinski definition) is 4. The zero-order valence-corrected chi connectivity index (χ0v) is 15.7. The number of benzene rings is 2. The van der Waals surface area contributed by atoms with Crippen LogP contribution in [-0.4, -0.2) is 48.3 Å². The SMILES string of the molecule is CC(=O)NCCNC(=O)CN1C(=O)NC(C)(c2ccc3ccccc3c2)C1=O. The molecule has 0 aliphatic carbocycles. The van der Waals surface area contributed by atoms with Crippen molar-refractivity contribution in [3.05, 3.63) is 48.0 Å². The first-order valence-corrected chi connectivity index (χ1v) is 8.96. The molecule has 8 nitrogen and oxygen atoms in total. The Bertz CT molecular complexity index is 958. The Morgan fingerprint density at radius 2 is 1.71 bits per heavy atom. The number of hydrogen-bond donors (Lipinski definition) is 3. The van der Waals surface area contributed by atoms with E-state index < -0.39 is 23.4 Å². The van der Waals surface area contributed by atoms with Crippen LogP contribution in [0.25, 0.3) is 10.8 Å². The van der Waals surface area contributed by atoms with E-state index >= 15 is 0 Å². The zero-order valence-electron chi connectivity index (χ0n) is 15.7. The number of amides is 5. The van der Waals surface area contributed by atoms with Crippen molar-refractivity contribution in [3.63, 3.8) is 0 Å². The third-order valence-electron chi connectivity index (χ3n) is 4.72. The summed E-state index contributed by atoms with van der Waals surface area (Å²) in [6.07, 6.45) is 0. The number of fused-ring (bicyclic) bond motifs is 1. The molecule has 2 aromatic rings. The molecule has 3 N–H and O–H groups in total. The highest BCUT2D eigenvalue weighted by atomic mass is 16.2. The van der Waals surface area contributed by atoms with Gasteiger partial charge in [-0.2, -0.15) is 0 Å². The molecule has 1 unspecified atom stereocenters. The van der Waals surface area contributed by atoms with Gasteiger partial charge < -0.3 is 16.0 Å². The maximum atomic E-state index is 12.9. The summed E-state index contributed by atoms with van der Waals surface area (Å²) >= 11 is 0. The van der Waals surface area contributed by atoms with Gasteiger partial charge in [0.2, 0.25) is 11.8 Å². The van der Waals surface area contributed by atoms with Gasteiger partial charge in [0.05, 0.1) is 0 Å². The minimum Gasteiger partial charge on any atom is -0.355 e. The van der Waals surface area contributed by atoms with E-state index in [9.17, 15) is 19.2 Å². The van der Waals surface area contributed by atoms with Crippen LogP contribution in [0.5, 0.6) is 0 Å². The molecule has 1 heterocycles. The van der Waals surface area contributed by atoms with E-state index in [2.05, 4.69) is 16.0 Å². The molecule has 5 amide bonds. The number of imide groups is 1. The van der Waals surface area contributed by atoms with E-state index in [1.165, 1.54) is 6.92 Å². The van der Waals surface area contributed by atoms with Crippen LogP contribution in [0.15, 0.2) is 42.5 Å². The second kappa shape index (κ2) is 7.67. The third kappa shape index (κ3) is 3.80. The molecule has 1 fully saturated rings. The summed E-state index contributed by atoms with van der Waals surface area (Å²) in [5, 5.41) is 9.80. The van der Waals surface area contributed by atoms with E-state index in [0.717, 1.165) is 15.7 Å². The molecule has 1 atom stereocenters. The summed E-state index contributed by atoms with van der Waals surface area (Å²) in [4.78, 5) is 49.1. The van der Waals surface area contributed by atoms with Crippen molar-refractivity contribution in [1.82, 2.24) is 20.9 Å². The molecule has 3 rings (SSSR count). The molecule has 1 aliphatic rings. The standard InChI is InChI=1S/C20H22N4O4/c1-13(25)21-9-10-22-17(26)12-24-18(27)20(2,23-19(24)28)16-8-7-14-5-3-4-6-15(14)11-16/h3-8,11H,9-10,12H2,1-2H3,(H,21,25)(H,22,26)(H,23,28). The summed E-state index contributed by atoms with van der Waals surface area (Å²) in [6, 6.07) is 12.7. The molecule has 146 valence electrons. The number of rotatable bonds is 6. The summed E-state index contributed by atoms with van der Waals surface area (Å²) in [7, 11) is 0.